The van der Waals surface area contributed by atoms with Gasteiger partial charge in [0.25, 0.3) is 11.8 Å². The summed E-state index contributed by atoms with van der Waals surface area (Å²) in [6, 6.07) is 8.70. The minimum Gasteiger partial charge on any atom is -0.459 e. The molecule has 1 atom stereocenters. The number of anilines is 2. The molecule has 0 saturated carbocycles. The molecule has 32 heavy (non-hydrogen) atoms. The number of piperidine rings is 1. The third-order valence-corrected chi connectivity index (χ3v) is 6.56. The predicted octanol–water partition coefficient (Wildman–Crippen LogP) is 4.10. The van der Waals surface area contributed by atoms with Crippen molar-refractivity contribution in [3.8, 4) is 0 Å². The Bertz CT molecular complexity index is 1140. The van der Waals surface area contributed by atoms with Crippen LogP contribution in [0.5, 0.6) is 0 Å². The summed E-state index contributed by atoms with van der Waals surface area (Å²) in [5, 5.41) is 6.23. The Balaban J connectivity index is 1.42. The number of nitrogens with one attached hydrogen (secondary N) is 2. The van der Waals surface area contributed by atoms with E-state index in [1.54, 1.807) is 29.3 Å². The number of hydrogen-bond donors (Lipinski definition) is 2. The smallest absolute Gasteiger partial charge is 0.291 e. The van der Waals surface area contributed by atoms with Crippen LogP contribution in [0, 0.1) is 19.8 Å². The first kappa shape index (κ1) is 21.8. The van der Waals surface area contributed by atoms with Crippen molar-refractivity contribution in [3.63, 3.8) is 0 Å². The fraction of sp³-hybridized carbons (Fsp3) is 0.304. The summed E-state index contributed by atoms with van der Waals surface area (Å²) >= 11 is 1.23. The highest BCUT2D eigenvalue weighted by molar-refractivity contribution is 7.18. The zero-order valence-corrected chi connectivity index (χ0v) is 18.7. The average Bonchev–Trinajstić information content (AvgIpc) is 3.45. The molecular weight excluding hydrogens is 428 g/mol. The summed E-state index contributed by atoms with van der Waals surface area (Å²) in [5.74, 6) is -0.165. The first-order chi connectivity index (χ1) is 15.4. The monoisotopic (exact) mass is 452 g/mol. The van der Waals surface area contributed by atoms with Gasteiger partial charge in [-0.2, -0.15) is 0 Å². The minimum atomic E-state index is -0.366. The van der Waals surface area contributed by atoms with Crippen molar-refractivity contribution in [3.05, 3.63) is 64.6 Å². The van der Waals surface area contributed by atoms with Crippen LogP contribution in [0.1, 0.15) is 44.2 Å². The molecular formula is C23H24N4O4S. The molecule has 2 N–H and O–H groups in total. The number of hydrogen-bond acceptors (Lipinski definition) is 6. The number of aryl methyl sites for hydroxylation is 2. The SMILES string of the molecule is Cc1cccnc1NC(=O)C1CCCN(C(=O)c2sc(NC(=O)c3ccco3)cc2C)C1. The molecule has 1 saturated heterocycles. The molecule has 1 aliphatic rings. The summed E-state index contributed by atoms with van der Waals surface area (Å²) in [4.78, 5) is 44.7. The van der Waals surface area contributed by atoms with Gasteiger partial charge in [-0.1, -0.05) is 6.07 Å². The second-order valence-corrected chi connectivity index (χ2v) is 8.85. The normalized spacial score (nSPS) is 15.9. The lowest BCUT2D eigenvalue weighted by Crippen LogP contribution is -2.43. The van der Waals surface area contributed by atoms with Gasteiger partial charge in [0.1, 0.15) is 5.82 Å². The van der Waals surface area contributed by atoms with E-state index in [4.69, 9.17) is 4.42 Å². The maximum absolute atomic E-state index is 13.2. The lowest BCUT2D eigenvalue weighted by Gasteiger charge is -2.32. The van der Waals surface area contributed by atoms with Crippen LogP contribution in [0.2, 0.25) is 0 Å². The van der Waals surface area contributed by atoms with E-state index in [2.05, 4.69) is 15.6 Å². The number of aromatic nitrogens is 1. The van der Waals surface area contributed by atoms with Crippen LogP contribution >= 0.6 is 11.3 Å². The summed E-state index contributed by atoms with van der Waals surface area (Å²) < 4.78 is 5.11. The van der Waals surface area contributed by atoms with E-state index in [0.717, 1.165) is 24.0 Å². The van der Waals surface area contributed by atoms with E-state index < -0.39 is 0 Å². The van der Waals surface area contributed by atoms with Gasteiger partial charge in [0, 0.05) is 19.3 Å². The van der Waals surface area contributed by atoms with Crippen molar-refractivity contribution in [2.75, 3.05) is 23.7 Å². The van der Waals surface area contributed by atoms with Crippen LogP contribution < -0.4 is 10.6 Å². The van der Waals surface area contributed by atoms with Crippen LogP contribution in [0.3, 0.4) is 0 Å². The second-order valence-electron chi connectivity index (χ2n) is 7.80. The van der Waals surface area contributed by atoms with Gasteiger partial charge in [0.2, 0.25) is 5.91 Å². The van der Waals surface area contributed by atoms with Crippen LogP contribution in [-0.4, -0.2) is 40.7 Å². The van der Waals surface area contributed by atoms with Crippen molar-refractivity contribution < 1.29 is 18.8 Å². The third kappa shape index (κ3) is 4.72. The number of nitrogens with zero attached hydrogens (tertiary/aromatic N) is 2. The molecule has 3 amide bonds. The first-order valence-corrected chi connectivity index (χ1v) is 11.2. The van der Waals surface area contributed by atoms with Gasteiger partial charge in [-0.15, -0.1) is 11.3 Å². The summed E-state index contributed by atoms with van der Waals surface area (Å²) in [6.07, 6.45) is 4.54. The number of likely N-dealkylation sites (tertiary alicyclic amines) is 1. The molecule has 1 aliphatic heterocycles. The zero-order chi connectivity index (χ0) is 22.7. The van der Waals surface area contributed by atoms with Crippen molar-refractivity contribution in [1.29, 1.82) is 0 Å². The third-order valence-electron chi connectivity index (χ3n) is 5.42. The van der Waals surface area contributed by atoms with Gasteiger partial charge in [0.15, 0.2) is 5.76 Å². The van der Waals surface area contributed by atoms with Gasteiger partial charge in [0.05, 0.1) is 22.1 Å². The standard InChI is InChI=1S/C23H24N4O4S/c1-14-6-3-9-24-20(14)26-21(28)16-7-4-10-27(13-16)23(30)19-15(2)12-18(32-19)25-22(29)17-8-5-11-31-17/h3,5-6,8-9,11-12,16H,4,7,10,13H2,1-2H3,(H,25,29)(H,24,26,28). The van der Waals surface area contributed by atoms with Crippen molar-refractivity contribution in [1.82, 2.24) is 9.88 Å². The Morgan fingerprint density at radius 2 is 2.00 bits per heavy atom. The Kier molecular flexibility index (Phi) is 6.36. The molecule has 0 aromatic carbocycles. The number of furan rings is 1. The van der Waals surface area contributed by atoms with E-state index >= 15 is 0 Å². The van der Waals surface area contributed by atoms with E-state index in [1.165, 1.54) is 17.6 Å². The van der Waals surface area contributed by atoms with Crippen molar-refractivity contribution in [2.24, 2.45) is 5.92 Å². The largest absolute Gasteiger partial charge is 0.459 e. The van der Waals surface area contributed by atoms with E-state index in [-0.39, 0.29) is 29.4 Å². The minimum absolute atomic E-state index is 0.126. The van der Waals surface area contributed by atoms with Crippen molar-refractivity contribution in [2.45, 2.75) is 26.7 Å². The molecule has 8 nitrogen and oxygen atoms in total. The average molecular weight is 453 g/mol. The summed E-state index contributed by atoms with van der Waals surface area (Å²) in [5.41, 5.74) is 1.67. The van der Waals surface area contributed by atoms with Crippen molar-refractivity contribution >= 4 is 39.9 Å². The maximum atomic E-state index is 13.2. The van der Waals surface area contributed by atoms with Gasteiger partial charge in [-0.3, -0.25) is 14.4 Å². The van der Waals surface area contributed by atoms with E-state index in [1.807, 2.05) is 26.0 Å². The Morgan fingerprint density at radius 1 is 1.16 bits per heavy atom. The highest BCUT2D eigenvalue weighted by Gasteiger charge is 2.30. The van der Waals surface area contributed by atoms with Gasteiger partial charge in [-0.25, -0.2) is 4.98 Å². The summed E-state index contributed by atoms with van der Waals surface area (Å²) in [7, 11) is 0. The molecule has 3 aromatic rings. The Hall–Kier alpha value is -3.46. The van der Waals surface area contributed by atoms with E-state index in [0.29, 0.717) is 28.8 Å². The van der Waals surface area contributed by atoms with Crippen LogP contribution in [0.15, 0.2) is 47.2 Å². The van der Waals surface area contributed by atoms with Crippen LogP contribution in [0.25, 0.3) is 0 Å². The second kappa shape index (κ2) is 9.35. The zero-order valence-electron chi connectivity index (χ0n) is 17.9. The quantitative estimate of drug-likeness (QED) is 0.607. The number of amides is 3. The number of carbonyl (C=O) groups excluding carboxylic acids is 3. The Labute approximate surface area is 189 Å². The molecule has 0 bridgehead atoms. The summed E-state index contributed by atoms with van der Waals surface area (Å²) in [6.45, 7) is 4.67. The topological polar surface area (TPSA) is 105 Å². The molecule has 166 valence electrons. The molecule has 4 rings (SSSR count). The molecule has 4 heterocycles. The Morgan fingerprint density at radius 3 is 2.75 bits per heavy atom. The van der Waals surface area contributed by atoms with Gasteiger partial charge in [-0.05, 0) is 62.1 Å². The van der Waals surface area contributed by atoms with Crippen LogP contribution in [-0.2, 0) is 4.79 Å². The molecule has 9 heteroatoms. The molecule has 1 fully saturated rings. The molecule has 0 aliphatic carbocycles. The maximum Gasteiger partial charge on any atom is 0.291 e. The predicted molar refractivity (Wildman–Crippen MR) is 122 cm³/mol. The number of thiophene rings is 1. The van der Waals surface area contributed by atoms with Gasteiger partial charge < -0.3 is 20.0 Å². The highest BCUT2D eigenvalue weighted by Crippen LogP contribution is 2.30. The highest BCUT2D eigenvalue weighted by atomic mass is 32.1. The number of rotatable bonds is 5. The fourth-order valence-corrected chi connectivity index (χ4v) is 4.73. The molecule has 0 spiro atoms. The lowest BCUT2D eigenvalue weighted by atomic mass is 9.96. The van der Waals surface area contributed by atoms with Gasteiger partial charge >= 0.3 is 0 Å². The lowest BCUT2D eigenvalue weighted by molar-refractivity contribution is -0.121. The molecule has 0 radical (unpaired) electrons. The molecule has 1 unspecified atom stereocenters. The molecule has 3 aromatic heterocycles. The number of pyridine rings is 1. The number of carbonyl (C=O) groups is 3. The van der Waals surface area contributed by atoms with Crippen LogP contribution in [0.4, 0.5) is 10.8 Å². The first-order valence-electron chi connectivity index (χ1n) is 10.4. The van der Waals surface area contributed by atoms with E-state index in [9.17, 15) is 14.4 Å². The fourth-order valence-electron chi connectivity index (χ4n) is 3.69.